The molecule has 1 amide bonds. The van der Waals surface area contributed by atoms with Gasteiger partial charge in [-0.2, -0.15) is 0 Å². The Bertz CT molecular complexity index is 720. The molecule has 2 aromatic rings. The lowest BCUT2D eigenvalue weighted by atomic mass is 10.2. The molecular weight excluding hydrogens is 361 g/mol. The molecule has 25 heavy (non-hydrogen) atoms. The molecule has 0 bridgehead atoms. The Hall–Kier alpha value is -1.91. The van der Waals surface area contributed by atoms with Gasteiger partial charge in [0.05, 0.1) is 17.7 Å². The van der Waals surface area contributed by atoms with Gasteiger partial charge in [-0.1, -0.05) is 29.3 Å². The molecule has 0 aliphatic rings. The van der Waals surface area contributed by atoms with Crippen LogP contribution in [-0.2, 0) is 4.79 Å². The van der Waals surface area contributed by atoms with Crippen LogP contribution < -0.4 is 14.8 Å². The van der Waals surface area contributed by atoms with E-state index >= 15 is 0 Å². The number of benzene rings is 2. The highest BCUT2D eigenvalue weighted by Gasteiger charge is 2.06. The summed E-state index contributed by atoms with van der Waals surface area (Å²) in [7, 11) is 0. The second-order valence-corrected chi connectivity index (χ2v) is 6.61. The highest BCUT2D eigenvalue weighted by atomic mass is 35.5. The van der Waals surface area contributed by atoms with E-state index in [0.29, 0.717) is 40.9 Å². The second kappa shape index (κ2) is 9.54. The zero-order valence-corrected chi connectivity index (χ0v) is 15.7. The lowest BCUT2D eigenvalue weighted by molar-refractivity contribution is -0.116. The Morgan fingerprint density at radius 3 is 2.68 bits per heavy atom. The fraction of sp³-hybridized carbons (Fsp3) is 0.316. The van der Waals surface area contributed by atoms with Crippen molar-refractivity contribution in [3.63, 3.8) is 0 Å². The fourth-order valence-corrected chi connectivity index (χ4v) is 2.61. The van der Waals surface area contributed by atoms with Crippen molar-refractivity contribution in [1.82, 2.24) is 0 Å². The van der Waals surface area contributed by atoms with Gasteiger partial charge >= 0.3 is 0 Å². The van der Waals surface area contributed by atoms with E-state index in [9.17, 15) is 4.79 Å². The number of ether oxygens (including phenoxy) is 2. The number of carbonyl (C=O) groups excluding carboxylic acids is 1. The molecule has 1 N–H and O–H groups in total. The zero-order chi connectivity index (χ0) is 18.2. The van der Waals surface area contributed by atoms with Gasteiger partial charge in [-0.3, -0.25) is 4.79 Å². The number of anilines is 1. The lowest BCUT2D eigenvalue weighted by Gasteiger charge is -2.12. The van der Waals surface area contributed by atoms with E-state index in [4.69, 9.17) is 32.7 Å². The van der Waals surface area contributed by atoms with Crippen molar-refractivity contribution >= 4 is 34.8 Å². The van der Waals surface area contributed by atoms with E-state index in [1.807, 2.05) is 38.1 Å². The maximum Gasteiger partial charge on any atom is 0.224 e. The highest BCUT2D eigenvalue weighted by molar-refractivity contribution is 6.35. The van der Waals surface area contributed by atoms with Crippen LogP contribution in [0.3, 0.4) is 0 Å². The average molecular weight is 382 g/mol. The van der Waals surface area contributed by atoms with E-state index in [1.54, 1.807) is 18.2 Å². The minimum atomic E-state index is -0.0764. The summed E-state index contributed by atoms with van der Waals surface area (Å²) in [6.07, 6.45) is 1.01. The predicted octanol–water partition coefficient (Wildman–Crippen LogP) is 5.58. The number of nitrogens with one attached hydrogen (secondary N) is 1. The van der Waals surface area contributed by atoms with Crippen LogP contribution >= 0.6 is 23.2 Å². The summed E-state index contributed by atoms with van der Waals surface area (Å²) >= 11 is 11.9. The van der Waals surface area contributed by atoms with E-state index in [-0.39, 0.29) is 12.0 Å². The predicted molar refractivity (Wildman–Crippen MR) is 102 cm³/mol. The first-order valence-corrected chi connectivity index (χ1v) is 8.84. The smallest absolute Gasteiger partial charge is 0.224 e. The number of rotatable bonds is 8. The number of amides is 1. The van der Waals surface area contributed by atoms with Crippen molar-refractivity contribution in [3.05, 3.63) is 52.5 Å². The van der Waals surface area contributed by atoms with Gasteiger partial charge in [-0.05, 0) is 50.6 Å². The molecule has 0 aliphatic heterocycles. The number of hydrogen-bond donors (Lipinski definition) is 1. The summed E-state index contributed by atoms with van der Waals surface area (Å²) in [6.45, 7) is 4.31. The summed E-state index contributed by atoms with van der Waals surface area (Å²) in [5.74, 6) is 1.21. The molecule has 2 aromatic carbocycles. The van der Waals surface area contributed by atoms with Crippen LogP contribution in [0.2, 0.25) is 10.0 Å². The van der Waals surface area contributed by atoms with Crippen molar-refractivity contribution < 1.29 is 14.3 Å². The SMILES string of the molecule is CC(C)Oc1cccc(NC(=O)CCCOc2ccc(Cl)cc2Cl)c1. The van der Waals surface area contributed by atoms with Gasteiger partial charge in [-0.15, -0.1) is 0 Å². The van der Waals surface area contributed by atoms with Gasteiger partial charge in [0.1, 0.15) is 11.5 Å². The molecule has 0 saturated heterocycles. The molecule has 0 heterocycles. The number of hydrogen-bond acceptors (Lipinski definition) is 3. The summed E-state index contributed by atoms with van der Waals surface area (Å²) in [4.78, 5) is 12.0. The van der Waals surface area contributed by atoms with Gasteiger partial charge in [-0.25, -0.2) is 0 Å². The third-order valence-electron chi connectivity index (χ3n) is 3.19. The molecule has 6 heteroatoms. The van der Waals surface area contributed by atoms with E-state index in [1.165, 1.54) is 0 Å². The molecule has 4 nitrogen and oxygen atoms in total. The third kappa shape index (κ3) is 6.85. The van der Waals surface area contributed by atoms with Crippen LogP contribution in [0.25, 0.3) is 0 Å². The molecule has 0 unspecified atom stereocenters. The molecule has 0 aromatic heterocycles. The Kier molecular flexibility index (Phi) is 7.41. The van der Waals surface area contributed by atoms with Crippen LogP contribution in [0.15, 0.2) is 42.5 Å². The van der Waals surface area contributed by atoms with Crippen LogP contribution in [0.5, 0.6) is 11.5 Å². The molecular formula is C19H21Cl2NO3. The van der Waals surface area contributed by atoms with Crippen molar-refractivity contribution in [1.29, 1.82) is 0 Å². The molecule has 134 valence electrons. The topological polar surface area (TPSA) is 47.6 Å². The minimum Gasteiger partial charge on any atom is -0.492 e. The number of carbonyl (C=O) groups is 1. The molecule has 0 saturated carbocycles. The van der Waals surface area contributed by atoms with Crippen LogP contribution in [0.4, 0.5) is 5.69 Å². The fourth-order valence-electron chi connectivity index (χ4n) is 2.15. The standard InChI is InChI=1S/C19H21Cl2NO3/c1-13(2)25-16-6-3-5-15(12-16)22-19(23)7-4-10-24-18-9-8-14(20)11-17(18)21/h3,5-6,8-9,11-13H,4,7,10H2,1-2H3,(H,22,23). The Morgan fingerprint density at radius 1 is 1.16 bits per heavy atom. The van der Waals surface area contributed by atoms with Crippen LogP contribution in [0.1, 0.15) is 26.7 Å². The number of halogens is 2. The molecule has 0 fully saturated rings. The summed E-state index contributed by atoms with van der Waals surface area (Å²) < 4.78 is 11.2. The summed E-state index contributed by atoms with van der Waals surface area (Å²) in [6, 6.07) is 12.4. The van der Waals surface area contributed by atoms with Gasteiger partial charge in [0.25, 0.3) is 0 Å². The quantitative estimate of drug-likeness (QED) is 0.607. The van der Waals surface area contributed by atoms with Gasteiger partial charge in [0.2, 0.25) is 5.91 Å². The van der Waals surface area contributed by atoms with Crippen molar-refractivity contribution in [2.75, 3.05) is 11.9 Å². The largest absolute Gasteiger partial charge is 0.492 e. The Labute approximate surface area is 158 Å². The minimum absolute atomic E-state index is 0.0764. The van der Waals surface area contributed by atoms with Crippen LogP contribution in [-0.4, -0.2) is 18.6 Å². The molecule has 2 rings (SSSR count). The Balaban J connectivity index is 1.75. The van der Waals surface area contributed by atoms with Gasteiger partial charge in [0, 0.05) is 23.2 Å². The van der Waals surface area contributed by atoms with Crippen molar-refractivity contribution in [3.8, 4) is 11.5 Å². The maximum absolute atomic E-state index is 12.0. The first kappa shape index (κ1) is 19.4. The summed E-state index contributed by atoms with van der Waals surface area (Å²) in [5, 5.41) is 3.87. The van der Waals surface area contributed by atoms with E-state index in [2.05, 4.69) is 5.32 Å². The monoisotopic (exact) mass is 381 g/mol. The highest BCUT2D eigenvalue weighted by Crippen LogP contribution is 2.27. The normalized spacial score (nSPS) is 10.6. The first-order valence-electron chi connectivity index (χ1n) is 8.08. The molecule has 0 spiro atoms. The summed E-state index contributed by atoms with van der Waals surface area (Å²) in [5.41, 5.74) is 0.713. The van der Waals surface area contributed by atoms with Crippen molar-refractivity contribution in [2.45, 2.75) is 32.8 Å². The molecule has 0 aliphatic carbocycles. The van der Waals surface area contributed by atoms with Crippen molar-refractivity contribution in [2.24, 2.45) is 0 Å². The average Bonchev–Trinajstić information content (AvgIpc) is 2.53. The van der Waals surface area contributed by atoms with Crippen LogP contribution in [0, 0.1) is 0 Å². The first-order chi connectivity index (χ1) is 11.9. The van der Waals surface area contributed by atoms with Gasteiger partial charge in [0.15, 0.2) is 0 Å². The van der Waals surface area contributed by atoms with E-state index in [0.717, 1.165) is 5.75 Å². The molecule has 0 atom stereocenters. The maximum atomic E-state index is 12.0. The zero-order valence-electron chi connectivity index (χ0n) is 14.2. The lowest BCUT2D eigenvalue weighted by Crippen LogP contribution is -2.13. The second-order valence-electron chi connectivity index (χ2n) is 5.77. The molecule has 0 radical (unpaired) electrons. The van der Waals surface area contributed by atoms with E-state index < -0.39 is 0 Å². The Morgan fingerprint density at radius 2 is 1.96 bits per heavy atom. The third-order valence-corrected chi connectivity index (χ3v) is 3.72. The van der Waals surface area contributed by atoms with Gasteiger partial charge < -0.3 is 14.8 Å².